The number of fused-ring (bicyclic) bond motifs is 1. The fourth-order valence-corrected chi connectivity index (χ4v) is 3.51. The first kappa shape index (κ1) is 22.8. The molecular weight excluding hydrogens is 416 g/mol. The maximum absolute atomic E-state index is 12.0. The lowest BCUT2D eigenvalue weighted by atomic mass is 10.2. The van der Waals surface area contributed by atoms with Crippen LogP contribution < -0.4 is 4.90 Å². The molecule has 0 aliphatic heterocycles. The van der Waals surface area contributed by atoms with E-state index in [9.17, 15) is 4.79 Å². The molecule has 0 saturated heterocycles. The summed E-state index contributed by atoms with van der Waals surface area (Å²) in [7, 11) is 3.65. The monoisotopic (exact) mass is 442 g/mol. The number of aromatic nitrogens is 3. The molecule has 0 radical (unpaired) electrons. The minimum absolute atomic E-state index is 0.328. The van der Waals surface area contributed by atoms with Gasteiger partial charge in [-0.15, -0.1) is 0 Å². The summed E-state index contributed by atoms with van der Waals surface area (Å²) in [4.78, 5) is 23.2. The maximum Gasteiger partial charge on any atom is 0.338 e. The number of hydrogen-bond acceptors (Lipinski definition) is 6. The summed E-state index contributed by atoms with van der Waals surface area (Å²) in [6, 6.07) is 9.27. The van der Waals surface area contributed by atoms with Gasteiger partial charge in [0, 0.05) is 33.4 Å². The van der Waals surface area contributed by atoms with E-state index in [2.05, 4.69) is 9.97 Å². The van der Waals surface area contributed by atoms with Crippen molar-refractivity contribution in [3.8, 4) is 0 Å². The van der Waals surface area contributed by atoms with Crippen LogP contribution in [0.3, 0.4) is 0 Å². The van der Waals surface area contributed by atoms with Crippen molar-refractivity contribution in [1.29, 1.82) is 0 Å². The average Bonchev–Trinajstić information content (AvgIpc) is 3.16. The molecule has 0 aliphatic carbocycles. The quantitative estimate of drug-likeness (QED) is 0.456. The van der Waals surface area contributed by atoms with Gasteiger partial charge in [-0.25, -0.2) is 14.8 Å². The number of pyridine rings is 1. The van der Waals surface area contributed by atoms with Crippen LogP contribution in [0.5, 0.6) is 0 Å². The van der Waals surface area contributed by atoms with Gasteiger partial charge < -0.3 is 18.9 Å². The third-order valence-corrected chi connectivity index (χ3v) is 5.15. The van der Waals surface area contributed by atoms with E-state index in [4.69, 9.17) is 21.1 Å². The number of hydrogen-bond donors (Lipinski definition) is 0. The molecule has 0 unspecified atom stereocenters. The summed E-state index contributed by atoms with van der Waals surface area (Å²) >= 11 is 6.65. The molecule has 0 N–H and O–H groups in total. The summed E-state index contributed by atoms with van der Waals surface area (Å²) < 4.78 is 12.2. The minimum Gasteiger partial charge on any atom is -0.462 e. The number of imidazole rings is 1. The second-order valence-electron chi connectivity index (χ2n) is 6.96. The van der Waals surface area contributed by atoms with Crippen molar-refractivity contribution in [1.82, 2.24) is 14.5 Å². The first-order valence-electron chi connectivity index (χ1n) is 10.2. The molecule has 0 spiro atoms. The molecule has 0 atom stereocenters. The van der Waals surface area contributed by atoms with Gasteiger partial charge in [-0.2, -0.15) is 0 Å². The van der Waals surface area contributed by atoms with Crippen LogP contribution in [-0.2, 0) is 16.0 Å². The van der Waals surface area contributed by atoms with Crippen LogP contribution in [0.25, 0.3) is 22.1 Å². The lowest BCUT2D eigenvalue weighted by molar-refractivity contribution is 0.0526. The zero-order valence-corrected chi connectivity index (χ0v) is 19.0. The number of carbonyl (C=O) groups is 1. The normalized spacial score (nSPS) is 11.7. The van der Waals surface area contributed by atoms with Gasteiger partial charge in [0.2, 0.25) is 0 Å². The summed E-state index contributed by atoms with van der Waals surface area (Å²) in [6.07, 6.45) is 3.62. The third kappa shape index (κ3) is 5.24. The van der Waals surface area contributed by atoms with Gasteiger partial charge in [0.05, 0.1) is 34.8 Å². The molecule has 164 valence electrons. The van der Waals surface area contributed by atoms with Crippen LogP contribution in [0, 0.1) is 0 Å². The maximum atomic E-state index is 12.0. The average molecular weight is 443 g/mol. The van der Waals surface area contributed by atoms with E-state index in [0.717, 1.165) is 23.4 Å². The van der Waals surface area contributed by atoms with E-state index in [0.29, 0.717) is 41.7 Å². The van der Waals surface area contributed by atoms with Crippen molar-refractivity contribution in [2.45, 2.75) is 20.4 Å². The zero-order valence-electron chi connectivity index (χ0n) is 18.3. The number of methoxy groups -OCH3 is 1. The number of likely N-dealkylation sites (N-methyl/N-ethyl adjacent to an activating group) is 1. The molecule has 3 rings (SSSR count). The van der Waals surface area contributed by atoms with Crippen molar-refractivity contribution in [2.24, 2.45) is 0 Å². The molecule has 8 heteroatoms. The fraction of sp³-hybridized carbons (Fsp3) is 0.348. The van der Waals surface area contributed by atoms with E-state index >= 15 is 0 Å². The van der Waals surface area contributed by atoms with Gasteiger partial charge in [-0.1, -0.05) is 11.6 Å². The van der Waals surface area contributed by atoms with Gasteiger partial charge in [0.15, 0.2) is 5.82 Å². The zero-order chi connectivity index (χ0) is 22.4. The molecule has 1 aromatic carbocycles. The SMILES string of the molecule is CCOC(=O)c1ccc2c(c1)nc(C(Cl)=Cc1ccc(N(C)CCOC)nc1)n2CC. The topological polar surface area (TPSA) is 69.5 Å². The largest absolute Gasteiger partial charge is 0.462 e. The molecule has 7 nitrogen and oxygen atoms in total. The predicted molar refractivity (Wildman–Crippen MR) is 124 cm³/mol. The van der Waals surface area contributed by atoms with Gasteiger partial charge in [0.1, 0.15) is 5.82 Å². The van der Waals surface area contributed by atoms with Crippen molar-refractivity contribution in [3.05, 3.63) is 53.5 Å². The van der Waals surface area contributed by atoms with Crippen LogP contribution in [0.4, 0.5) is 5.82 Å². The van der Waals surface area contributed by atoms with Crippen molar-refractivity contribution in [2.75, 3.05) is 38.8 Å². The van der Waals surface area contributed by atoms with Crippen LogP contribution in [0.2, 0.25) is 0 Å². The highest BCUT2D eigenvalue weighted by Crippen LogP contribution is 2.27. The number of aryl methyl sites for hydroxylation is 1. The van der Waals surface area contributed by atoms with Crippen LogP contribution >= 0.6 is 11.6 Å². The van der Waals surface area contributed by atoms with Gasteiger partial charge in [-0.3, -0.25) is 0 Å². The Balaban J connectivity index is 1.89. The number of carbonyl (C=O) groups excluding carboxylic acids is 1. The number of halogens is 1. The number of esters is 1. The molecule has 31 heavy (non-hydrogen) atoms. The third-order valence-electron chi connectivity index (χ3n) is 4.88. The van der Waals surface area contributed by atoms with E-state index in [1.165, 1.54) is 0 Å². The Kier molecular flexibility index (Phi) is 7.65. The number of anilines is 1. The molecule has 0 amide bonds. The molecular formula is C23H27ClN4O3. The van der Waals surface area contributed by atoms with E-state index in [-0.39, 0.29) is 5.97 Å². The number of rotatable bonds is 9. The van der Waals surface area contributed by atoms with Gasteiger partial charge >= 0.3 is 5.97 Å². The van der Waals surface area contributed by atoms with Crippen LogP contribution in [0.1, 0.15) is 35.6 Å². The molecule has 0 bridgehead atoms. The highest BCUT2D eigenvalue weighted by Gasteiger charge is 2.15. The second kappa shape index (κ2) is 10.4. The smallest absolute Gasteiger partial charge is 0.338 e. The Morgan fingerprint density at radius 1 is 1.26 bits per heavy atom. The molecule has 2 aromatic heterocycles. The van der Waals surface area contributed by atoms with Crippen LogP contribution in [-0.4, -0.2) is 54.4 Å². The summed E-state index contributed by atoms with van der Waals surface area (Å²) in [5.41, 5.74) is 2.95. The van der Waals surface area contributed by atoms with Crippen molar-refractivity contribution >= 4 is 45.5 Å². The van der Waals surface area contributed by atoms with Gasteiger partial charge in [-0.05, 0) is 55.8 Å². The molecule has 0 aliphatic rings. The summed E-state index contributed by atoms with van der Waals surface area (Å²) in [6.45, 7) is 6.22. The minimum atomic E-state index is -0.361. The molecule has 0 fully saturated rings. The fourth-order valence-electron chi connectivity index (χ4n) is 3.24. The summed E-state index contributed by atoms with van der Waals surface area (Å²) in [5, 5.41) is 0.498. The first-order chi connectivity index (χ1) is 15.0. The predicted octanol–water partition coefficient (Wildman–Crippen LogP) is 4.45. The Hall–Kier alpha value is -2.90. The Labute approximate surface area is 187 Å². The molecule has 0 saturated carbocycles. The molecule has 2 heterocycles. The standard InChI is InChI=1S/C23H27ClN4O3/c1-5-28-20-9-8-17(23(29)31-6-2)14-19(20)26-22(28)18(24)13-16-7-10-21(25-15-16)27(3)11-12-30-4/h7-10,13-15H,5-6,11-12H2,1-4H3. The first-order valence-corrected chi connectivity index (χ1v) is 10.6. The Morgan fingerprint density at radius 2 is 2.06 bits per heavy atom. The lowest BCUT2D eigenvalue weighted by Gasteiger charge is -2.17. The number of benzene rings is 1. The highest BCUT2D eigenvalue weighted by atomic mass is 35.5. The Bertz CT molecular complexity index is 1080. The van der Waals surface area contributed by atoms with E-state index in [1.54, 1.807) is 32.4 Å². The number of ether oxygens (including phenoxy) is 2. The van der Waals surface area contributed by atoms with Crippen molar-refractivity contribution in [3.63, 3.8) is 0 Å². The Morgan fingerprint density at radius 3 is 2.71 bits per heavy atom. The van der Waals surface area contributed by atoms with Crippen molar-refractivity contribution < 1.29 is 14.3 Å². The second-order valence-corrected chi connectivity index (χ2v) is 7.37. The lowest BCUT2D eigenvalue weighted by Crippen LogP contribution is -2.22. The van der Waals surface area contributed by atoms with E-state index in [1.807, 2.05) is 47.7 Å². The number of nitrogens with zero attached hydrogens (tertiary/aromatic N) is 4. The van der Waals surface area contributed by atoms with Crippen LogP contribution in [0.15, 0.2) is 36.5 Å². The summed E-state index contributed by atoms with van der Waals surface area (Å²) in [5.74, 6) is 1.14. The van der Waals surface area contributed by atoms with Gasteiger partial charge in [0.25, 0.3) is 0 Å². The highest BCUT2D eigenvalue weighted by molar-refractivity contribution is 6.50. The molecule has 3 aromatic rings. The van der Waals surface area contributed by atoms with E-state index < -0.39 is 0 Å².